The van der Waals surface area contributed by atoms with Crippen molar-refractivity contribution >= 4 is 5.91 Å². The molecule has 1 rings (SSSR count). The maximum absolute atomic E-state index is 11.7. The van der Waals surface area contributed by atoms with Crippen molar-refractivity contribution in [1.29, 1.82) is 0 Å². The van der Waals surface area contributed by atoms with Gasteiger partial charge in [0.05, 0.1) is 0 Å². The number of hydrogen-bond donors (Lipinski definition) is 1. The Morgan fingerprint density at radius 1 is 1.29 bits per heavy atom. The van der Waals surface area contributed by atoms with Crippen LogP contribution in [0.1, 0.15) is 33.1 Å². The highest BCUT2D eigenvalue weighted by Gasteiger charge is 2.28. The van der Waals surface area contributed by atoms with Crippen LogP contribution in [0.4, 0.5) is 0 Å². The highest BCUT2D eigenvalue weighted by Crippen LogP contribution is 2.16. The second-order valence-corrected chi connectivity index (χ2v) is 4.99. The van der Waals surface area contributed by atoms with E-state index in [0.717, 1.165) is 32.7 Å². The zero-order chi connectivity index (χ0) is 12.7. The number of nitrogens with two attached hydrogens (primary N) is 1. The van der Waals surface area contributed by atoms with E-state index >= 15 is 0 Å². The maximum Gasteiger partial charge on any atom is 0.223 e. The van der Waals surface area contributed by atoms with Gasteiger partial charge < -0.3 is 15.5 Å². The largest absolute Gasteiger partial charge is 0.341 e. The molecule has 100 valence electrons. The molecular weight excluding hydrogens is 214 g/mol. The molecule has 17 heavy (non-hydrogen) atoms. The summed E-state index contributed by atoms with van der Waals surface area (Å²) < 4.78 is 0. The third kappa shape index (κ3) is 4.64. The van der Waals surface area contributed by atoms with Crippen molar-refractivity contribution in [1.82, 2.24) is 9.80 Å². The molecule has 4 heteroatoms. The van der Waals surface area contributed by atoms with Crippen LogP contribution in [0.3, 0.4) is 0 Å². The van der Waals surface area contributed by atoms with Gasteiger partial charge in [0.2, 0.25) is 5.91 Å². The van der Waals surface area contributed by atoms with Gasteiger partial charge in [0.1, 0.15) is 0 Å². The molecule has 1 aliphatic heterocycles. The van der Waals surface area contributed by atoms with E-state index in [1.807, 2.05) is 4.90 Å². The van der Waals surface area contributed by atoms with Crippen LogP contribution in [-0.4, -0.2) is 55.0 Å². The summed E-state index contributed by atoms with van der Waals surface area (Å²) in [5.41, 5.74) is 5.62. The molecule has 0 spiro atoms. The topological polar surface area (TPSA) is 49.6 Å². The molecule has 1 atom stereocenters. The molecular formula is C13H27N3O. The van der Waals surface area contributed by atoms with E-state index < -0.39 is 0 Å². The summed E-state index contributed by atoms with van der Waals surface area (Å²) in [4.78, 5) is 16.2. The van der Waals surface area contributed by atoms with E-state index in [-0.39, 0.29) is 5.91 Å². The minimum absolute atomic E-state index is 0.286. The Morgan fingerprint density at radius 2 is 1.94 bits per heavy atom. The van der Waals surface area contributed by atoms with Crippen LogP contribution < -0.4 is 5.73 Å². The van der Waals surface area contributed by atoms with Crippen molar-refractivity contribution < 1.29 is 4.79 Å². The van der Waals surface area contributed by atoms with E-state index in [2.05, 4.69) is 18.7 Å². The van der Waals surface area contributed by atoms with Crippen molar-refractivity contribution in [2.45, 2.75) is 33.1 Å². The predicted octanol–water partition coefficient (Wildman–Crippen LogP) is 0.916. The number of likely N-dealkylation sites (tertiary alicyclic amines) is 1. The van der Waals surface area contributed by atoms with Crippen LogP contribution in [-0.2, 0) is 4.79 Å². The van der Waals surface area contributed by atoms with Gasteiger partial charge >= 0.3 is 0 Å². The summed E-state index contributed by atoms with van der Waals surface area (Å²) in [5.74, 6) is 0.668. The van der Waals surface area contributed by atoms with Crippen molar-refractivity contribution in [2.24, 2.45) is 11.7 Å². The Morgan fingerprint density at radius 3 is 2.41 bits per heavy atom. The predicted molar refractivity (Wildman–Crippen MR) is 70.8 cm³/mol. The molecule has 1 fully saturated rings. The SMILES string of the molecule is CCCN(CCC)CCN1CC(CN)CC1=O. The van der Waals surface area contributed by atoms with Crippen LogP contribution in [0.2, 0.25) is 0 Å². The van der Waals surface area contributed by atoms with Crippen LogP contribution in [0.15, 0.2) is 0 Å². The Hall–Kier alpha value is -0.610. The number of carbonyl (C=O) groups excluding carboxylic acids is 1. The van der Waals surface area contributed by atoms with Crippen LogP contribution in [0, 0.1) is 5.92 Å². The molecule has 0 aromatic rings. The zero-order valence-corrected chi connectivity index (χ0v) is 11.3. The van der Waals surface area contributed by atoms with E-state index in [9.17, 15) is 4.79 Å². The van der Waals surface area contributed by atoms with E-state index in [1.54, 1.807) is 0 Å². The summed E-state index contributed by atoms with van der Waals surface area (Å²) >= 11 is 0. The van der Waals surface area contributed by atoms with Crippen LogP contribution in [0.5, 0.6) is 0 Å². The van der Waals surface area contributed by atoms with Gasteiger partial charge in [0.25, 0.3) is 0 Å². The van der Waals surface area contributed by atoms with Gasteiger partial charge in [-0.25, -0.2) is 0 Å². The maximum atomic E-state index is 11.7. The molecule has 0 radical (unpaired) electrons. The third-order valence-corrected chi connectivity index (χ3v) is 3.39. The Labute approximate surface area is 105 Å². The Bertz CT molecular complexity index is 227. The standard InChI is InChI=1S/C13H27N3O/c1-3-5-15(6-4-2)7-8-16-11-12(10-14)9-13(16)17/h12H,3-11,14H2,1-2H3. The summed E-state index contributed by atoms with van der Waals surface area (Å²) in [6, 6.07) is 0. The summed E-state index contributed by atoms with van der Waals surface area (Å²) in [7, 11) is 0. The van der Waals surface area contributed by atoms with Gasteiger partial charge in [-0.2, -0.15) is 0 Å². The molecule has 4 nitrogen and oxygen atoms in total. The number of amides is 1. The van der Waals surface area contributed by atoms with E-state index in [1.165, 1.54) is 12.8 Å². The molecule has 1 unspecified atom stereocenters. The van der Waals surface area contributed by atoms with E-state index in [0.29, 0.717) is 18.9 Å². The lowest BCUT2D eigenvalue weighted by Crippen LogP contribution is -2.37. The Balaban J connectivity index is 2.30. The lowest BCUT2D eigenvalue weighted by Gasteiger charge is -2.24. The second-order valence-electron chi connectivity index (χ2n) is 4.99. The highest BCUT2D eigenvalue weighted by molar-refractivity contribution is 5.78. The zero-order valence-electron chi connectivity index (χ0n) is 11.3. The van der Waals surface area contributed by atoms with Crippen LogP contribution >= 0.6 is 0 Å². The lowest BCUT2D eigenvalue weighted by molar-refractivity contribution is -0.127. The Kier molecular flexibility index (Phi) is 6.52. The fraction of sp³-hybridized carbons (Fsp3) is 0.923. The quantitative estimate of drug-likeness (QED) is 0.687. The number of carbonyl (C=O) groups is 1. The van der Waals surface area contributed by atoms with Gasteiger partial charge in [-0.3, -0.25) is 4.79 Å². The number of nitrogens with zero attached hydrogens (tertiary/aromatic N) is 2. The van der Waals surface area contributed by atoms with Gasteiger partial charge in [0, 0.05) is 26.1 Å². The lowest BCUT2D eigenvalue weighted by atomic mass is 10.1. The molecule has 0 aromatic carbocycles. The van der Waals surface area contributed by atoms with Gasteiger partial charge in [0.15, 0.2) is 0 Å². The fourth-order valence-electron chi connectivity index (χ4n) is 2.46. The van der Waals surface area contributed by atoms with Crippen LogP contribution in [0.25, 0.3) is 0 Å². The van der Waals surface area contributed by atoms with Gasteiger partial charge in [-0.05, 0) is 38.4 Å². The molecule has 1 amide bonds. The normalized spacial score (nSPS) is 20.6. The van der Waals surface area contributed by atoms with Crippen molar-refractivity contribution in [2.75, 3.05) is 39.3 Å². The van der Waals surface area contributed by atoms with Gasteiger partial charge in [-0.1, -0.05) is 13.8 Å². The van der Waals surface area contributed by atoms with Gasteiger partial charge in [-0.15, -0.1) is 0 Å². The molecule has 1 aliphatic rings. The molecule has 0 aromatic heterocycles. The first-order valence-corrected chi connectivity index (χ1v) is 6.91. The summed E-state index contributed by atoms with van der Waals surface area (Å²) in [6.07, 6.45) is 3.01. The summed E-state index contributed by atoms with van der Waals surface area (Å²) in [6.45, 7) is 10.0. The molecule has 0 saturated carbocycles. The minimum atomic E-state index is 0.286. The molecule has 0 aliphatic carbocycles. The average molecular weight is 241 g/mol. The smallest absolute Gasteiger partial charge is 0.223 e. The molecule has 2 N–H and O–H groups in total. The first-order valence-electron chi connectivity index (χ1n) is 6.91. The monoisotopic (exact) mass is 241 g/mol. The minimum Gasteiger partial charge on any atom is -0.341 e. The van der Waals surface area contributed by atoms with Crippen molar-refractivity contribution in [3.63, 3.8) is 0 Å². The molecule has 1 heterocycles. The first-order chi connectivity index (χ1) is 8.21. The number of rotatable bonds is 8. The number of hydrogen-bond acceptors (Lipinski definition) is 3. The third-order valence-electron chi connectivity index (χ3n) is 3.39. The second kappa shape index (κ2) is 7.67. The summed E-state index contributed by atoms with van der Waals surface area (Å²) in [5, 5.41) is 0. The van der Waals surface area contributed by atoms with Crippen molar-refractivity contribution in [3.8, 4) is 0 Å². The first kappa shape index (κ1) is 14.5. The molecule has 0 bridgehead atoms. The van der Waals surface area contributed by atoms with Crippen molar-refractivity contribution in [3.05, 3.63) is 0 Å². The fourth-order valence-corrected chi connectivity index (χ4v) is 2.46. The highest BCUT2D eigenvalue weighted by atomic mass is 16.2. The van der Waals surface area contributed by atoms with E-state index in [4.69, 9.17) is 5.73 Å². The average Bonchev–Trinajstić information content (AvgIpc) is 2.68. The molecule has 1 saturated heterocycles.